The minimum atomic E-state index is -0.767. The molecular formula is C23H28N2O6. The number of amides is 1. The zero-order valence-corrected chi connectivity index (χ0v) is 18.3. The van der Waals surface area contributed by atoms with Crippen LogP contribution in [0.3, 0.4) is 0 Å². The molecule has 0 aliphatic carbocycles. The van der Waals surface area contributed by atoms with Crippen LogP contribution in [-0.4, -0.2) is 67.5 Å². The largest absolute Gasteiger partial charge is 0.503 e. The summed E-state index contributed by atoms with van der Waals surface area (Å²) in [5.74, 6) is -0.549. The summed E-state index contributed by atoms with van der Waals surface area (Å²) in [6, 6.07) is 7.58. The molecule has 3 rings (SSSR count). The molecule has 0 fully saturated rings. The van der Waals surface area contributed by atoms with Gasteiger partial charge in [0.05, 0.1) is 31.6 Å². The Balaban J connectivity index is 2.04. The number of ether oxygens (including phenoxy) is 2. The standard InChI is InChI=1S/C23H28N2O6/c1-5-30-16-10-9-15(14-18(16)29-4)20-19(21(26)17-8-6-13-31-17)22(27)23(28)25(20)12-7-11-24(2)3/h6,8-10,13-14,20,27H,5,7,11-12H2,1-4H3/t20-/m0/s1. The summed E-state index contributed by atoms with van der Waals surface area (Å²) in [4.78, 5) is 29.6. The molecule has 0 spiro atoms. The summed E-state index contributed by atoms with van der Waals surface area (Å²) in [6.07, 6.45) is 2.06. The highest BCUT2D eigenvalue weighted by Gasteiger charge is 2.44. The minimum absolute atomic E-state index is 0.00369. The van der Waals surface area contributed by atoms with Gasteiger partial charge in [0.2, 0.25) is 5.78 Å². The highest BCUT2D eigenvalue weighted by atomic mass is 16.5. The number of carbonyl (C=O) groups is 2. The molecule has 1 N–H and O–H groups in total. The van der Waals surface area contributed by atoms with Crippen LogP contribution in [0.2, 0.25) is 0 Å². The van der Waals surface area contributed by atoms with E-state index in [1.54, 1.807) is 24.3 Å². The number of hydrogen-bond donors (Lipinski definition) is 1. The van der Waals surface area contributed by atoms with Gasteiger partial charge >= 0.3 is 0 Å². The smallest absolute Gasteiger partial charge is 0.290 e. The summed E-state index contributed by atoms with van der Waals surface area (Å²) in [6.45, 7) is 3.47. The maximum absolute atomic E-state index is 13.1. The quantitative estimate of drug-likeness (QED) is 0.581. The highest BCUT2D eigenvalue weighted by molar-refractivity contribution is 6.15. The second-order valence-electron chi connectivity index (χ2n) is 7.47. The Kier molecular flexibility index (Phi) is 7.02. The van der Waals surface area contributed by atoms with Crippen LogP contribution >= 0.6 is 0 Å². The summed E-state index contributed by atoms with van der Waals surface area (Å²) in [7, 11) is 5.42. The number of rotatable bonds is 10. The van der Waals surface area contributed by atoms with E-state index in [9.17, 15) is 14.7 Å². The zero-order valence-electron chi connectivity index (χ0n) is 18.3. The number of Topliss-reactive ketones (excluding diaryl/α,β-unsaturated/α-hetero) is 1. The molecule has 1 atom stereocenters. The van der Waals surface area contributed by atoms with Crippen molar-refractivity contribution >= 4 is 11.7 Å². The second-order valence-corrected chi connectivity index (χ2v) is 7.47. The Labute approximate surface area is 181 Å². The first kappa shape index (κ1) is 22.4. The van der Waals surface area contributed by atoms with Crippen molar-refractivity contribution in [2.45, 2.75) is 19.4 Å². The molecule has 8 heteroatoms. The number of ketones is 1. The van der Waals surface area contributed by atoms with Gasteiger partial charge in [-0.15, -0.1) is 0 Å². The van der Waals surface area contributed by atoms with E-state index in [2.05, 4.69) is 0 Å². The van der Waals surface area contributed by atoms with Crippen molar-refractivity contribution < 1.29 is 28.6 Å². The molecule has 8 nitrogen and oxygen atoms in total. The van der Waals surface area contributed by atoms with Crippen LogP contribution in [0.1, 0.15) is 35.5 Å². The Morgan fingerprint density at radius 2 is 2.03 bits per heavy atom. The van der Waals surface area contributed by atoms with Gasteiger partial charge in [-0.2, -0.15) is 0 Å². The number of methoxy groups -OCH3 is 1. The van der Waals surface area contributed by atoms with Crippen LogP contribution in [0.15, 0.2) is 52.3 Å². The van der Waals surface area contributed by atoms with Crippen molar-refractivity contribution in [3.8, 4) is 11.5 Å². The van der Waals surface area contributed by atoms with Crippen LogP contribution in [0.25, 0.3) is 0 Å². The maximum Gasteiger partial charge on any atom is 0.290 e. The third-order valence-corrected chi connectivity index (χ3v) is 5.10. The number of aliphatic hydroxyl groups excluding tert-OH is 1. The number of benzene rings is 1. The Morgan fingerprint density at radius 1 is 1.26 bits per heavy atom. The first-order valence-electron chi connectivity index (χ1n) is 10.2. The molecule has 0 saturated carbocycles. The van der Waals surface area contributed by atoms with E-state index in [1.807, 2.05) is 25.9 Å². The molecule has 0 saturated heterocycles. The molecule has 0 unspecified atom stereocenters. The van der Waals surface area contributed by atoms with Crippen molar-refractivity contribution in [3.63, 3.8) is 0 Å². The lowest BCUT2D eigenvalue weighted by molar-refractivity contribution is -0.129. The molecule has 2 aromatic rings. The average Bonchev–Trinajstić information content (AvgIpc) is 3.37. The molecule has 1 aromatic heterocycles. The van der Waals surface area contributed by atoms with Crippen molar-refractivity contribution in [1.29, 1.82) is 0 Å². The van der Waals surface area contributed by atoms with Crippen LogP contribution in [0, 0.1) is 0 Å². The normalized spacial score (nSPS) is 16.4. The lowest BCUT2D eigenvalue weighted by atomic mass is 9.94. The van der Waals surface area contributed by atoms with Gasteiger partial charge in [0.25, 0.3) is 5.91 Å². The van der Waals surface area contributed by atoms with Gasteiger partial charge in [-0.05, 0) is 63.8 Å². The molecule has 31 heavy (non-hydrogen) atoms. The third-order valence-electron chi connectivity index (χ3n) is 5.10. The topological polar surface area (TPSA) is 92.5 Å². The van der Waals surface area contributed by atoms with Crippen LogP contribution in [0.4, 0.5) is 0 Å². The Morgan fingerprint density at radius 3 is 2.65 bits per heavy atom. The van der Waals surface area contributed by atoms with Crippen molar-refractivity contribution in [3.05, 3.63) is 59.3 Å². The van der Waals surface area contributed by atoms with E-state index >= 15 is 0 Å². The van der Waals surface area contributed by atoms with Gasteiger partial charge in [0, 0.05) is 6.54 Å². The maximum atomic E-state index is 13.1. The molecular weight excluding hydrogens is 400 g/mol. The van der Waals surface area contributed by atoms with Gasteiger partial charge in [-0.25, -0.2) is 0 Å². The van der Waals surface area contributed by atoms with Gasteiger partial charge in [-0.1, -0.05) is 6.07 Å². The zero-order chi connectivity index (χ0) is 22.5. The van der Waals surface area contributed by atoms with Gasteiger partial charge in [0.1, 0.15) is 0 Å². The van der Waals surface area contributed by atoms with E-state index in [0.717, 1.165) is 6.54 Å². The fraction of sp³-hybridized carbons (Fsp3) is 0.391. The predicted octanol–water partition coefficient (Wildman–Crippen LogP) is 3.22. The SMILES string of the molecule is CCOc1ccc([C@H]2C(C(=O)c3ccco3)=C(O)C(=O)N2CCCN(C)C)cc1OC. The highest BCUT2D eigenvalue weighted by Crippen LogP contribution is 2.41. The Bertz CT molecular complexity index is 964. The van der Waals surface area contributed by atoms with Gasteiger partial charge in [0.15, 0.2) is 23.0 Å². The number of carbonyl (C=O) groups excluding carboxylic acids is 2. The summed E-state index contributed by atoms with van der Waals surface area (Å²) in [5.41, 5.74) is 0.633. The van der Waals surface area contributed by atoms with E-state index in [-0.39, 0.29) is 11.3 Å². The lowest BCUT2D eigenvalue weighted by Gasteiger charge is -2.27. The number of aliphatic hydroxyl groups is 1. The first-order chi connectivity index (χ1) is 14.9. The van der Waals surface area contributed by atoms with Crippen molar-refractivity contribution in [2.75, 3.05) is 40.9 Å². The first-order valence-corrected chi connectivity index (χ1v) is 10.2. The van der Waals surface area contributed by atoms with Crippen LogP contribution < -0.4 is 9.47 Å². The van der Waals surface area contributed by atoms with E-state index in [0.29, 0.717) is 36.6 Å². The van der Waals surface area contributed by atoms with E-state index in [1.165, 1.54) is 24.3 Å². The van der Waals surface area contributed by atoms with E-state index < -0.39 is 23.5 Å². The minimum Gasteiger partial charge on any atom is -0.503 e. The molecule has 1 aromatic carbocycles. The molecule has 1 aliphatic heterocycles. The van der Waals surface area contributed by atoms with Crippen LogP contribution in [-0.2, 0) is 4.79 Å². The number of furan rings is 1. The molecule has 166 valence electrons. The monoisotopic (exact) mass is 428 g/mol. The third kappa shape index (κ3) is 4.59. The Hall–Kier alpha value is -3.26. The molecule has 1 aliphatic rings. The lowest BCUT2D eigenvalue weighted by Crippen LogP contribution is -2.33. The number of nitrogens with zero attached hydrogens (tertiary/aromatic N) is 2. The molecule has 0 bridgehead atoms. The van der Waals surface area contributed by atoms with Crippen LogP contribution in [0.5, 0.6) is 11.5 Å². The molecule has 2 heterocycles. The molecule has 1 amide bonds. The predicted molar refractivity (Wildman–Crippen MR) is 114 cm³/mol. The summed E-state index contributed by atoms with van der Waals surface area (Å²) >= 11 is 0. The van der Waals surface area contributed by atoms with Gasteiger partial charge < -0.3 is 28.8 Å². The summed E-state index contributed by atoms with van der Waals surface area (Å²) < 4.78 is 16.3. The molecule has 0 radical (unpaired) electrons. The van der Waals surface area contributed by atoms with Crippen molar-refractivity contribution in [2.24, 2.45) is 0 Å². The van der Waals surface area contributed by atoms with Gasteiger partial charge in [-0.3, -0.25) is 9.59 Å². The van der Waals surface area contributed by atoms with E-state index in [4.69, 9.17) is 13.9 Å². The second kappa shape index (κ2) is 9.70. The summed E-state index contributed by atoms with van der Waals surface area (Å²) in [5, 5.41) is 10.7. The average molecular weight is 428 g/mol. The fourth-order valence-corrected chi connectivity index (χ4v) is 3.69. The van der Waals surface area contributed by atoms with Crippen molar-refractivity contribution in [1.82, 2.24) is 9.80 Å². The fourth-order valence-electron chi connectivity index (χ4n) is 3.69. The number of hydrogen-bond acceptors (Lipinski definition) is 7.